The van der Waals surface area contributed by atoms with Crippen molar-refractivity contribution in [3.05, 3.63) is 48.0 Å². The number of benzene rings is 1. The molecular formula is C18H23BO4P2. The Balaban J connectivity index is 1.59. The predicted molar refractivity (Wildman–Crippen MR) is 103 cm³/mol. The highest BCUT2D eigenvalue weighted by Crippen LogP contribution is 2.50. The minimum Gasteiger partial charge on any atom is -0.462 e. The molecule has 0 spiro atoms. The van der Waals surface area contributed by atoms with Crippen molar-refractivity contribution < 1.29 is 19.2 Å². The summed E-state index contributed by atoms with van der Waals surface area (Å²) in [6, 6.07) is 10.1. The lowest BCUT2D eigenvalue weighted by molar-refractivity contribution is -0.141. The molecule has 132 valence electrons. The van der Waals surface area contributed by atoms with E-state index in [1.807, 2.05) is 30.4 Å². The van der Waals surface area contributed by atoms with E-state index in [0.717, 1.165) is 6.42 Å². The molecule has 1 N–H and O–H groups in total. The fraction of sp³-hybridized carbons (Fsp3) is 0.500. The largest absolute Gasteiger partial charge is 0.462 e. The molecule has 25 heavy (non-hydrogen) atoms. The van der Waals surface area contributed by atoms with E-state index in [1.54, 1.807) is 0 Å². The summed E-state index contributed by atoms with van der Waals surface area (Å²) in [5, 5.41) is 10.3. The first-order valence-corrected chi connectivity index (χ1v) is 11.5. The quantitative estimate of drug-likeness (QED) is 0.344. The summed E-state index contributed by atoms with van der Waals surface area (Å²) in [6.07, 6.45) is 5.73. The number of aliphatic hydroxyl groups is 1. The second kappa shape index (κ2) is 8.78. The van der Waals surface area contributed by atoms with Crippen molar-refractivity contribution in [1.82, 2.24) is 0 Å². The molecule has 1 aliphatic heterocycles. The van der Waals surface area contributed by atoms with Crippen molar-refractivity contribution >= 4 is 30.2 Å². The average Bonchev–Trinajstić information content (AvgIpc) is 3.07. The second-order valence-electron chi connectivity index (χ2n) is 6.69. The highest BCUT2D eigenvalue weighted by molar-refractivity contribution is 8.23. The number of fused-ring (bicyclic) bond motifs is 1. The van der Waals surface area contributed by atoms with Crippen molar-refractivity contribution in [1.29, 1.82) is 0 Å². The van der Waals surface area contributed by atoms with Crippen molar-refractivity contribution in [2.24, 2.45) is 11.8 Å². The Morgan fingerprint density at radius 2 is 2.20 bits per heavy atom. The summed E-state index contributed by atoms with van der Waals surface area (Å²) in [4.78, 5) is 11.6. The van der Waals surface area contributed by atoms with Gasteiger partial charge in [-0.05, 0) is 26.1 Å². The maximum atomic E-state index is 11.6. The lowest BCUT2D eigenvalue weighted by Gasteiger charge is -2.22. The SMILES string of the molecule is [B]P(P)O[C@@H]1CC2OC(=O)C[C@@H]2[C@H]1C=CC(O)CCc1ccccc1. The molecule has 1 aromatic carbocycles. The summed E-state index contributed by atoms with van der Waals surface area (Å²) in [5.41, 5.74) is 1.21. The first-order valence-electron chi connectivity index (χ1n) is 8.59. The zero-order valence-corrected chi connectivity index (χ0v) is 16.1. The molecule has 1 aromatic rings. The summed E-state index contributed by atoms with van der Waals surface area (Å²) < 4.78 is 11.2. The van der Waals surface area contributed by atoms with Gasteiger partial charge < -0.3 is 14.4 Å². The molecule has 4 nitrogen and oxygen atoms in total. The molecular weight excluding hydrogens is 353 g/mol. The molecule has 7 atom stereocenters. The molecule has 1 heterocycles. The van der Waals surface area contributed by atoms with Crippen LogP contribution >= 0.6 is 16.6 Å². The molecule has 1 saturated carbocycles. The van der Waals surface area contributed by atoms with Gasteiger partial charge in [-0.3, -0.25) is 4.79 Å². The molecule has 2 radical (unpaired) electrons. The Morgan fingerprint density at radius 3 is 2.92 bits per heavy atom. The highest BCUT2D eigenvalue weighted by Gasteiger charge is 2.49. The van der Waals surface area contributed by atoms with Crippen LogP contribution in [0.25, 0.3) is 0 Å². The molecule has 2 aliphatic rings. The third-order valence-electron chi connectivity index (χ3n) is 4.94. The van der Waals surface area contributed by atoms with Crippen LogP contribution < -0.4 is 0 Å². The van der Waals surface area contributed by atoms with Crippen LogP contribution in [0.3, 0.4) is 0 Å². The zero-order chi connectivity index (χ0) is 17.8. The van der Waals surface area contributed by atoms with Crippen LogP contribution in [0.15, 0.2) is 42.5 Å². The van der Waals surface area contributed by atoms with Gasteiger partial charge in [0, 0.05) is 18.3 Å². The predicted octanol–water partition coefficient (Wildman–Crippen LogP) is 3.14. The number of aliphatic hydroxyl groups excluding tert-OH is 1. The summed E-state index contributed by atoms with van der Waals surface area (Å²) >= 11 is 0. The maximum Gasteiger partial charge on any atom is 0.306 e. The number of carbonyl (C=O) groups is 1. The fourth-order valence-electron chi connectivity index (χ4n) is 3.75. The number of carbonyl (C=O) groups excluding carboxylic acids is 1. The molecule has 2 fully saturated rings. The Bertz CT molecular complexity index is 610. The lowest BCUT2D eigenvalue weighted by atomic mass is 9.91. The number of ether oxygens (including phenoxy) is 1. The van der Waals surface area contributed by atoms with Gasteiger partial charge in [0.1, 0.15) is 6.10 Å². The Labute approximate surface area is 153 Å². The monoisotopic (exact) mass is 376 g/mol. The molecule has 1 aliphatic carbocycles. The summed E-state index contributed by atoms with van der Waals surface area (Å²) in [7, 11) is 7.24. The van der Waals surface area contributed by atoms with Gasteiger partial charge in [-0.2, -0.15) is 0 Å². The smallest absolute Gasteiger partial charge is 0.306 e. The maximum absolute atomic E-state index is 11.6. The molecule has 0 bridgehead atoms. The van der Waals surface area contributed by atoms with Crippen LogP contribution in [0.1, 0.15) is 24.8 Å². The Morgan fingerprint density at radius 1 is 1.44 bits per heavy atom. The number of hydrogen-bond donors (Lipinski definition) is 1. The van der Waals surface area contributed by atoms with Crippen LogP contribution in [0, 0.1) is 11.8 Å². The van der Waals surface area contributed by atoms with E-state index < -0.39 is 13.8 Å². The van der Waals surface area contributed by atoms with E-state index in [4.69, 9.17) is 16.8 Å². The number of esters is 1. The first kappa shape index (κ1) is 19.0. The molecule has 3 rings (SSSR count). The van der Waals surface area contributed by atoms with Crippen molar-refractivity contribution in [3.8, 4) is 0 Å². The fourth-order valence-corrected chi connectivity index (χ4v) is 4.75. The third-order valence-corrected chi connectivity index (χ3v) is 5.81. The molecule has 4 unspecified atom stereocenters. The molecule has 7 heteroatoms. The van der Waals surface area contributed by atoms with Gasteiger partial charge >= 0.3 is 5.97 Å². The third kappa shape index (κ3) is 5.14. The van der Waals surface area contributed by atoms with Crippen LogP contribution in [-0.2, 0) is 20.5 Å². The van der Waals surface area contributed by atoms with Crippen LogP contribution in [-0.4, -0.2) is 37.0 Å². The normalized spacial score (nSPS) is 31.0. The summed E-state index contributed by atoms with van der Waals surface area (Å²) in [5.74, 6) is 0.0318. The van der Waals surface area contributed by atoms with Gasteiger partial charge in [-0.15, -0.1) is 0 Å². The van der Waals surface area contributed by atoms with E-state index in [1.165, 1.54) is 5.56 Å². The number of hydrogen-bond acceptors (Lipinski definition) is 4. The van der Waals surface area contributed by atoms with E-state index in [9.17, 15) is 9.90 Å². The van der Waals surface area contributed by atoms with Crippen LogP contribution in [0.4, 0.5) is 0 Å². The van der Waals surface area contributed by atoms with Gasteiger partial charge in [0.25, 0.3) is 0 Å². The Kier molecular flexibility index (Phi) is 6.69. The van der Waals surface area contributed by atoms with Gasteiger partial charge in [0.2, 0.25) is 0 Å². The van der Waals surface area contributed by atoms with Gasteiger partial charge in [-0.1, -0.05) is 51.4 Å². The van der Waals surface area contributed by atoms with Crippen molar-refractivity contribution in [2.45, 2.75) is 44.0 Å². The molecule has 0 aromatic heterocycles. The molecule has 1 saturated heterocycles. The lowest BCUT2D eigenvalue weighted by Crippen LogP contribution is -2.20. The summed E-state index contributed by atoms with van der Waals surface area (Å²) in [6.45, 7) is 0. The number of rotatable bonds is 7. The Hall–Kier alpha value is -0.725. The van der Waals surface area contributed by atoms with Crippen LogP contribution in [0.2, 0.25) is 0 Å². The minimum absolute atomic E-state index is 0.0527. The molecule has 0 amide bonds. The standard InChI is InChI=1S/C18H23BO4P2/c19-25(24)23-17-11-16-15(10-18(21)22-16)14(17)9-8-13(20)7-6-12-4-2-1-3-5-12/h1-5,8-9,13-17,20H,6-7,10-11,24H2/t13?,14-,15-,16?,17-,25?/m1/s1. The van der Waals surface area contributed by atoms with E-state index >= 15 is 0 Å². The highest BCUT2D eigenvalue weighted by atomic mass is 32.0. The minimum atomic E-state index is -1.05. The second-order valence-corrected chi connectivity index (χ2v) is 9.15. The van der Waals surface area contributed by atoms with E-state index in [-0.39, 0.29) is 30.0 Å². The number of aryl methyl sites for hydroxylation is 1. The average molecular weight is 376 g/mol. The van der Waals surface area contributed by atoms with Crippen molar-refractivity contribution in [2.75, 3.05) is 0 Å². The van der Waals surface area contributed by atoms with Crippen molar-refractivity contribution in [3.63, 3.8) is 0 Å². The zero-order valence-electron chi connectivity index (χ0n) is 14.0. The first-order chi connectivity index (χ1) is 12.0. The van der Waals surface area contributed by atoms with Gasteiger partial charge in [0.15, 0.2) is 7.57 Å². The van der Waals surface area contributed by atoms with E-state index in [0.29, 0.717) is 19.3 Å². The van der Waals surface area contributed by atoms with Gasteiger partial charge in [-0.25, -0.2) is 0 Å². The van der Waals surface area contributed by atoms with E-state index in [2.05, 4.69) is 21.1 Å². The van der Waals surface area contributed by atoms with Gasteiger partial charge in [0.05, 0.1) is 18.6 Å². The topological polar surface area (TPSA) is 55.8 Å². The van der Waals surface area contributed by atoms with Crippen LogP contribution in [0.5, 0.6) is 0 Å².